The van der Waals surface area contributed by atoms with Gasteiger partial charge in [-0.2, -0.15) is 5.10 Å². The van der Waals surface area contributed by atoms with Crippen LogP contribution < -0.4 is 10.5 Å². The average Bonchev–Trinajstić information content (AvgIpc) is 2.34. The molecular formula is C5H11Cl2N3O. The summed E-state index contributed by atoms with van der Waals surface area (Å²) in [5.41, 5.74) is 5.19. The molecule has 0 radical (unpaired) electrons. The number of hydrogen-bond donors (Lipinski definition) is 2. The van der Waals surface area contributed by atoms with Crippen LogP contribution in [0.5, 0.6) is 5.75 Å². The Bertz CT molecular complexity index is 157. The van der Waals surface area contributed by atoms with E-state index in [2.05, 4.69) is 10.2 Å². The normalized spacial score (nSPS) is 7.73. The Hall–Kier alpha value is -0.450. The van der Waals surface area contributed by atoms with Crippen LogP contribution in [-0.4, -0.2) is 23.3 Å². The fourth-order valence-corrected chi connectivity index (χ4v) is 0.495. The van der Waals surface area contributed by atoms with Crippen molar-refractivity contribution in [3.63, 3.8) is 0 Å². The van der Waals surface area contributed by atoms with E-state index in [1.807, 2.05) is 0 Å². The minimum atomic E-state index is 0. The second-order valence-corrected chi connectivity index (χ2v) is 1.57. The summed E-state index contributed by atoms with van der Waals surface area (Å²) in [6, 6.07) is 0. The molecule has 66 valence electrons. The van der Waals surface area contributed by atoms with Crippen LogP contribution >= 0.6 is 24.8 Å². The van der Waals surface area contributed by atoms with Crippen molar-refractivity contribution >= 4 is 24.8 Å². The van der Waals surface area contributed by atoms with Crippen LogP contribution in [-0.2, 0) is 0 Å². The quantitative estimate of drug-likeness (QED) is 0.750. The molecule has 0 fully saturated rings. The highest BCUT2D eigenvalue weighted by molar-refractivity contribution is 5.85. The van der Waals surface area contributed by atoms with Gasteiger partial charge in [0.1, 0.15) is 6.61 Å². The summed E-state index contributed by atoms with van der Waals surface area (Å²) in [6.07, 6.45) is 3.28. The largest absolute Gasteiger partial charge is 0.489 e. The fourth-order valence-electron chi connectivity index (χ4n) is 0.495. The topological polar surface area (TPSA) is 63.9 Å². The molecule has 11 heavy (non-hydrogen) atoms. The van der Waals surface area contributed by atoms with Crippen LogP contribution in [0.3, 0.4) is 0 Å². The third kappa shape index (κ3) is 4.89. The highest BCUT2D eigenvalue weighted by atomic mass is 35.5. The van der Waals surface area contributed by atoms with E-state index in [9.17, 15) is 0 Å². The van der Waals surface area contributed by atoms with Crippen molar-refractivity contribution in [3.8, 4) is 5.75 Å². The van der Waals surface area contributed by atoms with Crippen molar-refractivity contribution < 1.29 is 4.74 Å². The molecule has 0 aliphatic heterocycles. The Morgan fingerprint density at radius 3 is 2.73 bits per heavy atom. The smallest absolute Gasteiger partial charge is 0.156 e. The number of nitrogens with zero attached hydrogens (tertiary/aromatic N) is 1. The van der Waals surface area contributed by atoms with E-state index in [0.29, 0.717) is 13.2 Å². The number of aromatic amines is 1. The highest BCUT2D eigenvalue weighted by Crippen LogP contribution is 2.02. The van der Waals surface area contributed by atoms with Gasteiger partial charge < -0.3 is 10.5 Å². The van der Waals surface area contributed by atoms with E-state index in [0.717, 1.165) is 5.75 Å². The fraction of sp³-hybridized carbons (Fsp3) is 0.400. The van der Waals surface area contributed by atoms with Crippen molar-refractivity contribution in [2.45, 2.75) is 0 Å². The maximum Gasteiger partial charge on any atom is 0.156 e. The zero-order chi connectivity index (χ0) is 6.53. The maximum absolute atomic E-state index is 5.19. The number of H-pyrrole nitrogens is 1. The summed E-state index contributed by atoms with van der Waals surface area (Å²) in [5.74, 6) is 0.737. The summed E-state index contributed by atoms with van der Waals surface area (Å²) in [5, 5.41) is 6.31. The van der Waals surface area contributed by atoms with Gasteiger partial charge in [-0.25, -0.2) is 0 Å². The van der Waals surface area contributed by atoms with E-state index in [1.54, 1.807) is 12.4 Å². The SMILES string of the molecule is Cl.Cl.NCCOc1cn[nH]c1. The third-order valence-electron chi connectivity index (χ3n) is 0.860. The number of hydrogen-bond acceptors (Lipinski definition) is 3. The van der Waals surface area contributed by atoms with Crippen molar-refractivity contribution in [2.75, 3.05) is 13.2 Å². The Morgan fingerprint density at radius 2 is 2.27 bits per heavy atom. The first-order valence-corrected chi connectivity index (χ1v) is 2.75. The average molecular weight is 200 g/mol. The van der Waals surface area contributed by atoms with E-state index >= 15 is 0 Å². The molecule has 6 heteroatoms. The number of nitrogens with one attached hydrogen (secondary N) is 1. The van der Waals surface area contributed by atoms with Crippen LogP contribution in [0.4, 0.5) is 0 Å². The molecule has 1 heterocycles. The molecular weight excluding hydrogens is 189 g/mol. The van der Waals surface area contributed by atoms with E-state index in [1.165, 1.54) is 0 Å². The summed E-state index contributed by atoms with van der Waals surface area (Å²) >= 11 is 0. The molecule has 3 N–H and O–H groups in total. The molecule has 0 aliphatic rings. The molecule has 1 rings (SSSR count). The number of halogens is 2. The van der Waals surface area contributed by atoms with Gasteiger partial charge in [0.2, 0.25) is 0 Å². The molecule has 0 spiro atoms. The summed E-state index contributed by atoms with van der Waals surface area (Å²) in [6.45, 7) is 1.07. The number of nitrogens with two attached hydrogens (primary N) is 1. The van der Waals surface area contributed by atoms with Crippen LogP contribution in [0.2, 0.25) is 0 Å². The van der Waals surface area contributed by atoms with Gasteiger partial charge in [0.25, 0.3) is 0 Å². The molecule has 0 saturated heterocycles. The van der Waals surface area contributed by atoms with Gasteiger partial charge >= 0.3 is 0 Å². The van der Waals surface area contributed by atoms with E-state index in [-0.39, 0.29) is 24.8 Å². The molecule has 0 saturated carbocycles. The van der Waals surface area contributed by atoms with Gasteiger partial charge in [0.15, 0.2) is 5.75 Å². The second-order valence-electron chi connectivity index (χ2n) is 1.57. The Labute approximate surface area is 77.3 Å². The molecule has 1 aromatic rings. The maximum atomic E-state index is 5.19. The van der Waals surface area contributed by atoms with Crippen molar-refractivity contribution in [1.29, 1.82) is 0 Å². The van der Waals surface area contributed by atoms with Crippen molar-refractivity contribution in [3.05, 3.63) is 12.4 Å². The lowest BCUT2D eigenvalue weighted by Gasteiger charge is -1.96. The highest BCUT2D eigenvalue weighted by Gasteiger charge is 1.89. The van der Waals surface area contributed by atoms with Crippen molar-refractivity contribution in [1.82, 2.24) is 10.2 Å². The lowest BCUT2D eigenvalue weighted by Crippen LogP contribution is -2.10. The number of ether oxygens (including phenoxy) is 1. The molecule has 0 unspecified atom stereocenters. The summed E-state index contributed by atoms with van der Waals surface area (Å²) in [7, 11) is 0. The predicted molar refractivity (Wildman–Crippen MR) is 47.6 cm³/mol. The first-order chi connectivity index (χ1) is 4.43. The molecule has 1 aromatic heterocycles. The van der Waals surface area contributed by atoms with Crippen molar-refractivity contribution in [2.24, 2.45) is 5.73 Å². The number of rotatable bonds is 3. The second kappa shape index (κ2) is 7.65. The van der Waals surface area contributed by atoms with Gasteiger partial charge in [0.05, 0.1) is 12.4 Å². The standard InChI is InChI=1S/C5H9N3O.2ClH/c6-1-2-9-5-3-7-8-4-5;;/h3-4H,1-2,6H2,(H,7,8);2*1H. The molecule has 0 aliphatic carbocycles. The summed E-state index contributed by atoms with van der Waals surface area (Å²) in [4.78, 5) is 0. The van der Waals surface area contributed by atoms with Gasteiger partial charge in [0, 0.05) is 6.54 Å². The van der Waals surface area contributed by atoms with E-state index < -0.39 is 0 Å². The van der Waals surface area contributed by atoms with Crippen LogP contribution in [0, 0.1) is 0 Å². The zero-order valence-electron chi connectivity index (χ0n) is 5.82. The van der Waals surface area contributed by atoms with Crippen LogP contribution in [0.1, 0.15) is 0 Å². The first-order valence-electron chi connectivity index (χ1n) is 2.75. The minimum absolute atomic E-state index is 0. The van der Waals surface area contributed by atoms with Gasteiger partial charge in [-0.3, -0.25) is 5.10 Å². The molecule has 0 bridgehead atoms. The first kappa shape index (κ1) is 13.2. The Kier molecular flexibility index (Phi) is 9.16. The zero-order valence-corrected chi connectivity index (χ0v) is 7.45. The third-order valence-corrected chi connectivity index (χ3v) is 0.860. The minimum Gasteiger partial charge on any atom is -0.489 e. The van der Waals surface area contributed by atoms with E-state index in [4.69, 9.17) is 10.5 Å². The number of aromatic nitrogens is 2. The Morgan fingerprint density at radius 1 is 1.55 bits per heavy atom. The monoisotopic (exact) mass is 199 g/mol. The molecule has 0 aromatic carbocycles. The Balaban J connectivity index is 0. The van der Waals surface area contributed by atoms with Crippen LogP contribution in [0.25, 0.3) is 0 Å². The lowest BCUT2D eigenvalue weighted by molar-refractivity contribution is 0.328. The van der Waals surface area contributed by atoms with Crippen LogP contribution in [0.15, 0.2) is 12.4 Å². The van der Waals surface area contributed by atoms with Gasteiger partial charge in [-0.1, -0.05) is 0 Å². The van der Waals surface area contributed by atoms with Gasteiger partial charge in [-0.15, -0.1) is 24.8 Å². The lowest BCUT2D eigenvalue weighted by atomic mass is 10.6. The molecule has 0 atom stereocenters. The van der Waals surface area contributed by atoms with Gasteiger partial charge in [-0.05, 0) is 0 Å². The summed E-state index contributed by atoms with van der Waals surface area (Å²) < 4.78 is 5.08. The molecule has 4 nitrogen and oxygen atoms in total. The predicted octanol–water partition coefficient (Wildman–Crippen LogP) is 0.591. The molecule has 0 amide bonds.